The van der Waals surface area contributed by atoms with Crippen LogP contribution in [0.15, 0.2) is 6.20 Å². The van der Waals surface area contributed by atoms with Gasteiger partial charge in [-0.15, -0.1) is 12.4 Å². The maximum Gasteiger partial charge on any atom is 0.0722 e. The van der Waals surface area contributed by atoms with E-state index in [9.17, 15) is 0 Å². The number of likely N-dealkylation sites (tertiary alicyclic amines) is 1. The Morgan fingerprint density at radius 2 is 2.11 bits per heavy atom. The summed E-state index contributed by atoms with van der Waals surface area (Å²) in [7, 11) is 4.07. The first-order valence-corrected chi connectivity index (χ1v) is 6.83. The molecule has 19 heavy (non-hydrogen) atoms. The highest BCUT2D eigenvalue weighted by Gasteiger charge is 2.26. The van der Waals surface area contributed by atoms with Crippen molar-refractivity contribution < 1.29 is 0 Å². The first kappa shape index (κ1) is 16.5. The van der Waals surface area contributed by atoms with E-state index in [1.54, 1.807) is 0 Å². The van der Waals surface area contributed by atoms with Crippen LogP contribution in [-0.4, -0.2) is 40.9 Å². The van der Waals surface area contributed by atoms with Gasteiger partial charge in [0, 0.05) is 49.9 Å². The summed E-state index contributed by atoms with van der Waals surface area (Å²) in [5.41, 5.74) is 2.73. The molecule has 110 valence electrons. The van der Waals surface area contributed by atoms with Crippen LogP contribution in [0.5, 0.6) is 0 Å². The fourth-order valence-corrected chi connectivity index (χ4v) is 2.74. The topological polar surface area (TPSA) is 33.1 Å². The van der Waals surface area contributed by atoms with Crippen molar-refractivity contribution in [3.63, 3.8) is 0 Å². The zero-order valence-corrected chi connectivity index (χ0v) is 13.5. The van der Waals surface area contributed by atoms with Gasteiger partial charge >= 0.3 is 0 Å². The van der Waals surface area contributed by atoms with Crippen LogP contribution in [0.1, 0.15) is 38.4 Å². The summed E-state index contributed by atoms with van der Waals surface area (Å²) < 4.78 is 1.95. The zero-order chi connectivity index (χ0) is 13.3. The Bertz CT molecular complexity index is 408. The smallest absolute Gasteiger partial charge is 0.0722 e. The Morgan fingerprint density at radius 3 is 2.63 bits per heavy atom. The molecule has 0 saturated carbocycles. The van der Waals surface area contributed by atoms with E-state index in [-0.39, 0.29) is 17.8 Å². The molecule has 1 fully saturated rings. The number of halogens is 1. The van der Waals surface area contributed by atoms with Crippen LogP contribution in [0, 0.1) is 0 Å². The highest BCUT2D eigenvalue weighted by molar-refractivity contribution is 5.85. The molecular weight excluding hydrogens is 260 g/mol. The third kappa shape index (κ3) is 3.94. The van der Waals surface area contributed by atoms with E-state index in [4.69, 9.17) is 0 Å². The lowest BCUT2D eigenvalue weighted by Crippen LogP contribution is -2.29. The number of hydrogen-bond acceptors (Lipinski definition) is 3. The van der Waals surface area contributed by atoms with Crippen LogP contribution >= 0.6 is 12.4 Å². The van der Waals surface area contributed by atoms with Gasteiger partial charge in [-0.25, -0.2) is 0 Å². The molecule has 1 aliphatic rings. The lowest BCUT2D eigenvalue weighted by molar-refractivity contribution is 0.319. The quantitative estimate of drug-likeness (QED) is 0.922. The number of nitrogens with one attached hydrogen (secondary N) is 1. The Kier molecular flexibility index (Phi) is 5.42. The van der Waals surface area contributed by atoms with Crippen molar-refractivity contribution in [3.8, 4) is 0 Å². The van der Waals surface area contributed by atoms with Crippen molar-refractivity contribution in [2.75, 3.05) is 20.1 Å². The first-order chi connectivity index (χ1) is 8.40. The minimum atomic E-state index is 0. The van der Waals surface area contributed by atoms with E-state index in [1.165, 1.54) is 24.2 Å². The molecule has 1 aromatic heterocycles. The van der Waals surface area contributed by atoms with Crippen LogP contribution in [0.25, 0.3) is 0 Å². The van der Waals surface area contributed by atoms with Crippen LogP contribution in [-0.2, 0) is 19.0 Å². The van der Waals surface area contributed by atoms with Crippen LogP contribution in [0.3, 0.4) is 0 Å². The fourth-order valence-electron chi connectivity index (χ4n) is 2.74. The van der Waals surface area contributed by atoms with Gasteiger partial charge in [-0.2, -0.15) is 5.10 Å². The normalized spacial score (nSPS) is 20.6. The highest BCUT2D eigenvalue weighted by atomic mass is 35.5. The second kappa shape index (κ2) is 6.25. The van der Waals surface area contributed by atoms with Crippen molar-refractivity contribution in [3.05, 3.63) is 17.5 Å². The second-order valence-corrected chi connectivity index (χ2v) is 6.44. The molecule has 0 amide bonds. The van der Waals surface area contributed by atoms with Gasteiger partial charge in [0.1, 0.15) is 0 Å². The third-order valence-corrected chi connectivity index (χ3v) is 3.69. The number of nitrogens with zero attached hydrogens (tertiary/aromatic N) is 3. The van der Waals surface area contributed by atoms with Gasteiger partial charge in [0.15, 0.2) is 0 Å². The summed E-state index contributed by atoms with van der Waals surface area (Å²) in [5, 5.41) is 8.00. The minimum Gasteiger partial charge on any atom is -0.316 e. The molecule has 2 heterocycles. The van der Waals surface area contributed by atoms with E-state index in [2.05, 4.69) is 49.3 Å². The molecule has 1 N–H and O–H groups in total. The predicted octanol–water partition coefficient (Wildman–Crippen LogP) is 1.93. The summed E-state index contributed by atoms with van der Waals surface area (Å²) in [6.07, 6.45) is 3.43. The van der Waals surface area contributed by atoms with Crippen molar-refractivity contribution in [1.82, 2.24) is 20.0 Å². The third-order valence-electron chi connectivity index (χ3n) is 3.69. The molecule has 5 heteroatoms. The number of likely N-dealkylation sites (N-methyl/N-ethyl adjacent to an activating group) is 1. The first-order valence-electron chi connectivity index (χ1n) is 6.83. The highest BCUT2D eigenvalue weighted by Crippen LogP contribution is 2.26. The minimum absolute atomic E-state index is 0. The monoisotopic (exact) mass is 286 g/mol. The van der Waals surface area contributed by atoms with E-state index < -0.39 is 0 Å². The largest absolute Gasteiger partial charge is 0.316 e. The van der Waals surface area contributed by atoms with Crippen molar-refractivity contribution in [2.24, 2.45) is 7.05 Å². The van der Waals surface area contributed by atoms with E-state index in [0.717, 1.165) is 13.1 Å². The SMILES string of the molecule is CNC1CCN(Cc2cn(C)nc2C(C)(C)C)C1.Cl. The molecule has 0 bridgehead atoms. The Labute approximate surface area is 123 Å². The zero-order valence-electron chi connectivity index (χ0n) is 12.7. The Morgan fingerprint density at radius 1 is 1.42 bits per heavy atom. The summed E-state index contributed by atoms with van der Waals surface area (Å²) in [5.74, 6) is 0. The van der Waals surface area contributed by atoms with Gasteiger partial charge < -0.3 is 5.32 Å². The molecule has 1 aliphatic heterocycles. The van der Waals surface area contributed by atoms with Crippen LogP contribution < -0.4 is 5.32 Å². The van der Waals surface area contributed by atoms with E-state index in [0.29, 0.717) is 6.04 Å². The standard InChI is InChI=1S/C14H26N4.ClH/c1-14(2,3)13-11(8-17(5)16-13)9-18-7-6-12(10-18)15-4;/h8,12,15H,6-7,9-10H2,1-5H3;1H. The number of hydrogen-bond donors (Lipinski definition) is 1. The summed E-state index contributed by atoms with van der Waals surface area (Å²) in [6, 6.07) is 0.653. The van der Waals surface area contributed by atoms with Crippen molar-refractivity contribution in [1.29, 1.82) is 0 Å². The van der Waals surface area contributed by atoms with Gasteiger partial charge in [-0.05, 0) is 13.5 Å². The Hall–Kier alpha value is -0.580. The molecule has 1 unspecified atom stereocenters. The number of rotatable bonds is 3. The van der Waals surface area contributed by atoms with Gasteiger partial charge in [0.05, 0.1) is 5.69 Å². The van der Waals surface area contributed by atoms with Crippen molar-refractivity contribution in [2.45, 2.75) is 45.2 Å². The number of aryl methyl sites for hydroxylation is 1. The lowest BCUT2D eigenvalue weighted by Gasteiger charge is -2.20. The summed E-state index contributed by atoms with van der Waals surface area (Å²) in [6.45, 7) is 10.1. The van der Waals surface area contributed by atoms with Gasteiger partial charge in [0.25, 0.3) is 0 Å². The van der Waals surface area contributed by atoms with Crippen molar-refractivity contribution >= 4 is 12.4 Å². The van der Waals surface area contributed by atoms with E-state index in [1.807, 2.05) is 11.7 Å². The molecule has 1 atom stereocenters. The maximum absolute atomic E-state index is 4.64. The van der Waals surface area contributed by atoms with E-state index >= 15 is 0 Å². The molecule has 2 rings (SSSR count). The maximum atomic E-state index is 4.64. The lowest BCUT2D eigenvalue weighted by atomic mass is 9.89. The molecule has 1 saturated heterocycles. The summed E-state index contributed by atoms with van der Waals surface area (Å²) in [4.78, 5) is 2.52. The molecule has 0 aliphatic carbocycles. The fraction of sp³-hybridized carbons (Fsp3) is 0.786. The average Bonchev–Trinajstić information content (AvgIpc) is 2.85. The second-order valence-electron chi connectivity index (χ2n) is 6.44. The average molecular weight is 287 g/mol. The molecule has 0 spiro atoms. The molecular formula is C14H27ClN4. The van der Waals surface area contributed by atoms with Gasteiger partial charge in [-0.1, -0.05) is 20.8 Å². The molecule has 4 nitrogen and oxygen atoms in total. The van der Waals surface area contributed by atoms with Gasteiger partial charge in [-0.3, -0.25) is 9.58 Å². The van der Waals surface area contributed by atoms with Crippen LogP contribution in [0.2, 0.25) is 0 Å². The van der Waals surface area contributed by atoms with Gasteiger partial charge in [0.2, 0.25) is 0 Å². The molecule has 0 radical (unpaired) electrons. The van der Waals surface area contributed by atoms with Crippen LogP contribution in [0.4, 0.5) is 0 Å². The summed E-state index contributed by atoms with van der Waals surface area (Å²) >= 11 is 0. The predicted molar refractivity (Wildman–Crippen MR) is 81.9 cm³/mol. The number of aromatic nitrogens is 2. The molecule has 1 aromatic rings. The molecule has 0 aromatic carbocycles. The Balaban J connectivity index is 0.00000180.